The zero-order valence-electron chi connectivity index (χ0n) is 15.7. The molecule has 0 aliphatic heterocycles. The second-order valence-electron chi connectivity index (χ2n) is 6.94. The summed E-state index contributed by atoms with van der Waals surface area (Å²) in [6.07, 6.45) is 2.28. The Kier molecular flexibility index (Phi) is 6.78. The van der Waals surface area contributed by atoms with E-state index in [1.165, 1.54) is 0 Å². The van der Waals surface area contributed by atoms with E-state index in [1.807, 2.05) is 36.4 Å². The van der Waals surface area contributed by atoms with Crippen molar-refractivity contribution in [1.29, 1.82) is 0 Å². The summed E-state index contributed by atoms with van der Waals surface area (Å²) >= 11 is 0. The van der Waals surface area contributed by atoms with Crippen LogP contribution in [0.15, 0.2) is 60.7 Å². The van der Waals surface area contributed by atoms with Crippen molar-refractivity contribution < 1.29 is 14.4 Å². The molecule has 1 unspecified atom stereocenters. The summed E-state index contributed by atoms with van der Waals surface area (Å²) in [6, 6.07) is 17.7. The smallest absolute Gasteiger partial charge is 0.251 e. The van der Waals surface area contributed by atoms with Crippen LogP contribution in [0.1, 0.15) is 28.8 Å². The number of hydrogen-bond acceptors (Lipinski definition) is 3. The number of nitrogens with one attached hydrogen (secondary N) is 3. The maximum Gasteiger partial charge on any atom is 0.251 e. The summed E-state index contributed by atoms with van der Waals surface area (Å²) in [5.41, 5.74) is 1.46. The van der Waals surface area contributed by atoms with Crippen molar-refractivity contribution in [2.24, 2.45) is 5.92 Å². The second kappa shape index (κ2) is 9.69. The largest absolute Gasteiger partial charge is 0.354 e. The minimum absolute atomic E-state index is 0.0486. The van der Waals surface area contributed by atoms with E-state index in [2.05, 4.69) is 16.0 Å². The summed E-state index contributed by atoms with van der Waals surface area (Å²) in [5, 5.41) is 8.44. The van der Waals surface area contributed by atoms with Gasteiger partial charge in [0.15, 0.2) is 0 Å². The number of benzene rings is 2. The molecule has 1 saturated carbocycles. The first kappa shape index (κ1) is 19.6. The molecule has 1 atom stereocenters. The molecule has 146 valence electrons. The van der Waals surface area contributed by atoms with E-state index in [9.17, 15) is 14.4 Å². The van der Waals surface area contributed by atoms with Crippen molar-refractivity contribution in [3.63, 3.8) is 0 Å². The Morgan fingerprint density at radius 1 is 0.857 bits per heavy atom. The zero-order chi connectivity index (χ0) is 19.8. The van der Waals surface area contributed by atoms with E-state index < -0.39 is 6.04 Å². The highest BCUT2D eigenvalue weighted by atomic mass is 16.2. The van der Waals surface area contributed by atoms with Crippen LogP contribution in [0.25, 0.3) is 0 Å². The number of rotatable bonds is 9. The van der Waals surface area contributed by atoms with Crippen molar-refractivity contribution in [2.45, 2.75) is 25.3 Å². The SMILES string of the molecule is O=C(NC(Cc1ccccc1)C(=O)NCCNC(=O)C1CC1)c1ccccc1. The van der Waals surface area contributed by atoms with Gasteiger partial charge in [-0.2, -0.15) is 0 Å². The molecule has 3 N–H and O–H groups in total. The van der Waals surface area contributed by atoms with Crippen LogP contribution in [-0.2, 0) is 16.0 Å². The van der Waals surface area contributed by atoms with E-state index in [1.54, 1.807) is 24.3 Å². The first-order valence-electron chi connectivity index (χ1n) is 9.59. The maximum atomic E-state index is 12.7. The quantitative estimate of drug-likeness (QED) is 0.579. The molecule has 28 heavy (non-hydrogen) atoms. The van der Waals surface area contributed by atoms with Gasteiger partial charge in [0.1, 0.15) is 6.04 Å². The molecule has 3 amide bonds. The highest BCUT2D eigenvalue weighted by Gasteiger charge is 2.29. The fourth-order valence-corrected chi connectivity index (χ4v) is 2.87. The molecule has 6 nitrogen and oxygen atoms in total. The third-order valence-electron chi connectivity index (χ3n) is 4.61. The molecule has 0 aromatic heterocycles. The van der Waals surface area contributed by atoms with Crippen LogP contribution in [0.4, 0.5) is 0 Å². The van der Waals surface area contributed by atoms with Crippen LogP contribution in [0.5, 0.6) is 0 Å². The third kappa shape index (κ3) is 5.94. The van der Waals surface area contributed by atoms with Gasteiger partial charge in [-0.3, -0.25) is 14.4 Å². The van der Waals surface area contributed by atoms with E-state index in [0.717, 1.165) is 18.4 Å². The maximum absolute atomic E-state index is 12.7. The molecule has 1 aliphatic carbocycles. The molecule has 0 bridgehead atoms. The molecule has 2 aromatic carbocycles. The fraction of sp³-hybridized carbons (Fsp3) is 0.318. The van der Waals surface area contributed by atoms with E-state index >= 15 is 0 Å². The minimum atomic E-state index is -0.700. The highest BCUT2D eigenvalue weighted by Crippen LogP contribution is 2.28. The molecule has 0 radical (unpaired) electrons. The van der Waals surface area contributed by atoms with Crippen molar-refractivity contribution in [2.75, 3.05) is 13.1 Å². The topological polar surface area (TPSA) is 87.3 Å². The fourth-order valence-electron chi connectivity index (χ4n) is 2.87. The van der Waals surface area contributed by atoms with E-state index in [-0.39, 0.29) is 23.6 Å². The number of amides is 3. The first-order chi connectivity index (χ1) is 13.6. The molecule has 0 saturated heterocycles. The standard InChI is InChI=1S/C22H25N3O3/c26-20(18-11-12-18)23-13-14-24-22(28)19(15-16-7-3-1-4-8-16)25-21(27)17-9-5-2-6-10-17/h1-10,18-19H,11-15H2,(H,23,26)(H,24,28)(H,25,27). The predicted octanol–water partition coefficient (Wildman–Crippen LogP) is 1.67. The van der Waals surface area contributed by atoms with Crippen LogP contribution < -0.4 is 16.0 Å². The monoisotopic (exact) mass is 379 g/mol. The van der Waals surface area contributed by atoms with Crippen LogP contribution in [0.2, 0.25) is 0 Å². The molecule has 3 rings (SSSR count). The summed E-state index contributed by atoms with van der Waals surface area (Å²) in [4.78, 5) is 36.8. The Balaban J connectivity index is 1.57. The van der Waals surface area contributed by atoms with Gasteiger partial charge in [-0.05, 0) is 30.5 Å². The molecule has 1 aliphatic rings. The van der Waals surface area contributed by atoms with Crippen LogP contribution in [-0.4, -0.2) is 36.9 Å². The van der Waals surface area contributed by atoms with Gasteiger partial charge in [-0.15, -0.1) is 0 Å². The average Bonchev–Trinajstić information content (AvgIpc) is 3.57. The van der Waals surface area contributed by atoms with Gasteiger partial charge in [-0.1, -0.05) is 48.5 Å². The van der Waals surface area contributed by atoms with Crippen molar-refractivity contribution in [3.05, 3.63) is 71.8 Å². The third-order valence-corrected chi connectivity index (χ3v) is 4.61. The Morgan fingerprint density at radius 3 is 2.11 bits per heavy atom. The van der Waals surface area contributed by atoms with Crippen LogP contribution >= 0.6 is 0 Å². The highest BCUT2D eigenvalue weighted by molar-refractivity contribution is 5.97. The minimum Gasteiger partial charge on any atom is -0.354 e. The summed E-state index contributed by atoms with van der Waals surface area (Å²) in [7, 11) is 0. The van der Waals surface area contributed by atoms with Crippen molar-refractivity contribution in [1.82, 2.24) is 16.0 Å². The van der Waals surface area contributed by atoms with Gasteiger partial charge >= 0.3 is 0 Å². The van der Waals surface area contributed by atoms with Crippen LogP contribution in [0, 0.1) is 5.92 Å². The van der Waals surface area contributed by atoms with Gasteiger partial charge < -0.3 is 16.0 Å². The lowest BCUT2D eigenvalue weighted by Crippen LogP contribution is -2.49. The van der Waals surface area contributed by atoms with Gasteiger partial charge in [0, 0.05) is 31.0 Å². The zero-order valence-corrected chi connectivity index (χ0v) is 15.7. The average molecular weight is 379 g/mol. The Bertz CT molecular complexity index is 804. The van der Waals surface area contributed by atoms with Gasteiger partial charge in [0.2, 0.25) is 11.8 Å². The van der Waals surface area contributed by atoms with E-state index in [0.29, 0.717) is 25.1 Å². The molecule has 2 aromatic rings. The van der Waals surface area contributed by atoms with Crippen LogP contribution in [0.3, 0.4) is 0 Å². The molecule has 6 heteroatoms. The van der Waals surface area contributed by atoms with E-state index in [4.69, 9.17) is 0 Å². The molecule has 0 heterocycles. The van der Waals surface area contributed by atoms with Crippen molar-refractivity contribution >= 4 is 17.7 Å². The number of carbonyl (C=O) groups is 3. The molecular weight excluding hydrogens is 354 g/mol. The summed E-state index contributed by atoms with van der Waals surface area (Å²) < 4.78 is 0. The van der Waals surface area contributed by atoms with Gasteiger partial charge in [-0.25, -0.2) is 0 Å². The lowest BCUT2D eigenvalue weighted by molar-refractivity contribution is -0.124. The normalized spacial score (nSPS) is 14.0. The Labute approximate surface area is 164 Å². The second-order valence-corrected chi connectivity index (χ2v) is 6.94. The molecule has 0 spiro atoms. The number of hydrogen-bond donors (Lipinski definition) is 3. The van der Waals surface area contributed by atoms with Gasteiger partial charge in [0.05, 0.1) is 0 Å². The molecular formula is C22H25N3O3. The van der Waals surface area contributed by atoms with Crippen molar-refractivity contribution in [3.8, 4) is 0 Å². The summed E-state index contributed by atoms with van der Waals surface area (Å²) in [5.74, 6) is -0.369. The lowest BCUT2D eigenvalue weighted by Gasteiger charge is -2.19. The predicted molar refractivity (Wildman–Crippen MR) is 107 cm³/mol. The first-order valence-corrected chi connectivity index (χ1v) is 9.59. The molecule has 1 fully saturated rings. The Hall–Kier alpha value is -3.15. The Morgan fingerprint density at radius 2 is 1.46 bits per heavy atom. The lowest BCUT2D eigenvalue weighted by atomic mass is 10.0. The number of carbonyl (C=O) groups excluding carboxylic acids is 3. The summed E-state index contributed by atoms with van der Waals surface area (Å²) in [6.45, 7) is 0.704. The van der Waals surface area contributed by atoms with Gasteiger partial charge in [0.25, 0.3) is 5.91 Å².